The Morgan fingerprint density at radius 1 is 1.23 bits per heavy atom. The van der Waals surface area contributed by atoms with Crippen LogP contribution in [0.15, 0.2) is 42.6 Å². The van der Waals surface area contributed by atoms with E-state index in [1.807, 2.05) is 37.4 Å². The van der Waals surface area contributed by atoms with E-state index in [2.05, 4.69) is 50.8 Å². The molecule has 0 spiro atoms. The summed E-state index contributed by atoms with van der Waals surface area (Å²) in [7, 11) is 0. The van der Waals surface area contributed by atoms with Crippen LogP contribution in [0.3, 0.4) is 0 Å². The minimum Gasteiger partial charge on any atom is -0.475 e. The lowest BCUT2D eigenvalue weighted by atomic mass is 10.2. The first-order valence-corrected chi connectivity index (χ1v) is 10.5. The number of nitrogens with zero attached hydrogens (tertiary/aromatic N) is 4. The number of aromatic amines is 1. The number of hydrogen-bond acceptors (Lipinski definition) is 6. The van der Waals surface area contributed by atoms with Crippen molar-refractivity contribution in [2.24, 2.45) is 0 Å². The van der Waals surface area contributed by atoms with Gasteiger partial charge >= 0.3 is 0 Å². The molecule has 0 saturated carbocycles. The minimum absolute atomic E-state index is 0.00744. The van der Waals surface area contributed by atoms with Crippen LogP contribution in [0.1, 0.15) is 37.0 Å². The highest BCUT2D eigenvalue weighted by Crippen LogP contribution is 2.18. The average molecular weight is 408 g/mol. The molecule has 1 aliphatic heterocycles. The number of nitrogens with one attached hydrogen (secondary N) is 1. The topological polar surface area (TPSA) is 76.2 Å². The third-order valence-corrected chi connectivity index (χ3v) is 5.07. The van der Waals surface area contributed by atoms with Crippen molar-refractivity contribution in [3.8, 4) is 17.3 Å². The van der Waals surface area contributed by atoms with Gasteiger partial charge < -0.3 is 14.5 Å². The van der Waals surface area contributed by atoms with Crippen molar-refractivity contribution in [3.05, 3.63) is 59.8 Å². The summed E-state index contributed by atoms with van der Waals surface area (Å²) < 4.78 is 11.9. The molecule has 3 aromatic rings. The summed E-state index contributed by atoms with van der Waals surface area (Å²) in [5, 5.41) is 0. The smallest absolute Gasteiger partial charge is 0.216 e. The maximum atomic E-state index is 5.95. The third-order valence-electron chi connectivity index (χ3n) is 5.07. The minimum atomic E-state index is 0.00744. The quantitative estimate of drug-likeness (QED) is 0.645. The monoisotopic (exact) mass is 407 g/mol. The van der Waals surface area contributed by atoms with E-state index >= 15 is 0 Å². The molecule has 1 aromatic carbocycles. The van der Waals surface area contributed by atoms with E-state index in [4.69, 9.17) is 9.47 Å². The second-order valence-electron chi connectivity index (χ2n) is 8.02. The van der Waals surface area contributed by atoms with Gasteiger partial charge in [-0.2, -0.15) is 4.98 Å². The Hall–Kier alpha value is -2.77. The van der Waals surface area contributed by atoms with E-state index in [-0.39, 0.29) is 12.0 Å². The fourth-order valence-electron chi connectivity index (χ4n) is 3.52. The Balaban J connectivity index is 1.32. The van der Waals surface area contributed by atoms with Crippen LogP contribution in [0, 0.1) is 6.92 Å². The maximum Gasteiger partial charge on any atom is 0.216 e. The second-order valence-corrected chi connectivity index (χ2v) is 8.02. The molecule has 30 heavy (non-hydrogen) atoms. The van der Waals surface area contributed by atoms with Gasteiger partial charge in [-0.1, -0.05) is 44.2 Å². The fraction of sp³-hybridized carbons (Fsp3) is 0.435. The van der Waals surface area contributed by atoms with Gasteiger partial charge in [0, 0.05) is 54.8 Å². The summed E-state index contributed by atoms with van der Waals surface area (Å²) in [6, 6.07) is 12.0. The predicted octanol–water partition coefficient (Wildman–Crippen LogP) is 3.58. The Labute approximate surface area is 177 Å². The van der Waals surface area contributed by atoms with Crippen molar-refractivity contribution >= 4 is 0 Å². The molecule has 7 nitrogen and oxygen atoms in total. The van der Waals surface area contributed by atoms with Crippen LogP contribution in [-0.2, 0) is 11.3 Å². The van der Waals surface area contributed by atoms with Crippen molar-refractivity contribution in [1.29, 1.82) is 0 Å². The van der Waals surface area contributed by atoms with E-state index in [0.29, 0.717) is 19.1 Å². The van der Waals surface area contributed by atoms with Gasteiger partial charge in [-0.05, 0) is 6.92 Å². The zero-order chi connectivity index (χ0) is 20.9. The Morgan fingerprint density at radius 3 is 2.87 bits per heavy atom. The van der Waals surface area contributed by atoms with E-state index in [1.165, 1.54) is 0 Å². The Kier molecular flexibility index (Phi) is 6.40. The van der Waals surface area contributed by atoms with E-state index < -0.39 is 0 Å². The van der Waals surface area contributed by atoms with Gasteiger partial charge in [-0.15, -0.1) is 0 Å². The standard InChI is InChI=1S/C23H29N5O2/c1-16(2)22-25-17(3)11-21(27-22)30-15-20-14-28(9-10-29-20)13-19-12-24-23(26-19)18-7-5-4-6-8-18/h4-8,11-12,16,20H,9-10,13-15H2,1-3H3,(H,24,26). The number of ether oxygens (including phenoxy) is 2. The molecular weight excluding hydrogens is 378 g/mol. The molecule has 1 atom stereocenters. The number of rotatable bonds is 7. The first-order valence-electron chi connectivity index (χ1n) is 10.5. The molecular formula is C23H29N5O2. The summed E-state index contributed by atoms with van der Waals surface area (Å²) in [5.41, 5.74) is 3.12. The van der Waals surface area contributed by atoms with Crippen molar-refractivity contribution in [1.82, 2.24) is 24.8 Å². The first-order chi connectivity index (χ1) is 14.6. The zero-order valence-electron chi connectivity index (χ0n) is 17.8. The van der Waals surface area contributed by atoms with Crippen LogP contribution in [0.5, 0.6) is 5.88 Å². The number of imidazole rings is 1. The number of hydrogen-bond donors (Lipinski definition) is 1. The number of morpholine rings is 1. The normalized spacial score (nSPS) is 17.4. The highest BCUT2D eigenvalue weighted by Gasteiger charge is 2.22. The van der Waals surface area contributed by atoms with Gasteiger partial charge in [0.25, 0.3) is 0 Å². The lowest BCUT2D eigenvalue weighted by Gasteiger charge is -2.32. The molecule has 0 aliphatic carbocycles. The number of benzene rings is 1. The Bertz CT molecular complexity index is 957. The summed E-state index contributed by atoms with van der Waals surface area (Å²) in [4.78, 5) is 19.3. The van der Waals surface area contributed by atoms with Crippen LogP contribution >= 0.6 is 0 Å². The van der Waals surface area contributed by atoms with Crippen molar-refractivity contribution < 1.29 is 9.47 Å². The third kappa shape index (κ3) is 5.23. The van der Waals surface area contributed by atoms with Gasteiger partial charge in [-0.3, -0.25) is 4.90 Å². The predicted molar refractivity (Wildman–Crippen MR) is 115 cm³/mol. The molecule has 4 rings (SSSR count). The molecule has 1 unspecified atom stereocenters. The summed E-state index contributed by atoms with van der Waals surface area (Å²) in [6.07, 6.45) is 1.92. The van der Waals surface area contributed by atoms with E-state index in [9.17, 15) is 0 Å². The SMILES string of the molecule is Cc1cc(OCC2CN(Cc3cnc(-c4ccccc4)[nH]3)CCO2)nc(C(C)C)n1. The van der Waals surface area contributed by atoms with Crippen molar-refractivity contribution in [2.75, 3.05) is 26.3 Å². The highest BCUT2D eigenvalue weighted by molar-refractivity contribution is 5.54. The fourth-order valence-corrected chi connectivity index (χ4v) is 3.52. The van der Waals surface area contributed by atoms with E-state index in [0.717, 1.165) is 48.2 Å². The first kappa shape index (κ1) is 20.5. The molecule has 0 bridgehead atoms. The number of aromatic nitrogens is 4. The van der Waals surface area contributed by atoms with E-state index in [1.54, 1.807) is 0 Å². The molecule has 1 N–H and O–H groups in total. The van der Waals surface area contributed by atoms with Gasteiger partial charge in [-0.25, -0.2) is 9.97 Å². The molecule has 1 saturated heterocycles. The second kappa shape index (κ2) is 9.36. The highest BCUT2D eigenvalue weighted by atomic mass is 16.5. The molecule has 2 aromatic heterocycles. The van der Waals surface area contributed by atoms with Crippen LogP contribution < -0.4 is 4.74 Å². The number of aryl methyl sites for hydroxylation is 1. The molecule has 0 radical (unpaired) electrons. The zero-order valence-corrected chi connectivity index (χ0v) is 17.8. The largest absolute Gasteiger partial charge is 0.475 e. The summed E-state index contributed by atoms with van der Waals surface area (Å²) in [5.74, 6) is 2.60. The number of H-pyrrole nitrogens is 1. The van der Waals surface area contributed by atoms with Crippen LogP contribution in [0.4, 0.5) is 0 Å². The van der Waals surface area contributed by atoms with Gasteiger partial charge in [0.1, 0.15) is 24.4 Å². The molecule has 158 valence electrons. The molecule has 0 amide bonds. The van der Waals surface area contributed by atoms with Gasteiger partial charge in [0.05, 0.1) is 6.61 Å². The van der Waals surface area contributed by atoms with Crippen molar-refractivity contribution in [3.63, 3.8) is 0 Å². The summed E-state index contributed by atoms with van der Waals surface area (Å²) >= 11 is 0. The average Bonchev–Trinajstić information content (AvgIpc) is 3.21. The van der Waals surface area contributed by atoms with Crippen LogP contribution in [0.25, 0.3) is 11.4 Å². The van der Waals surface area contributed by atoms with Crippen LogP contribution in [-0.4, -0.2) is 57.2 Å². The van der Waals surface area contributed by atoms with Gasteiger partial charge in [0.15, 0.2) is 0 Å². The molecule has 3 heterocycles. The van der Waals surface area contributed by atoms with Gasteiger partial charge in [0.2, 0.25) is 5.88 Å². The lowest BCUT2D eigenvalue weighted by molar-refractivity contribution is -0.0513. The molecule has 7 heteroatoms. The lowest BCUT2D eigenvalue weighted by Crippen LogP contribution is -2.44. The van der Waals surface area contributed by atoms with Crippen LogP contribution in [0.2, 0.25) is 0 Å². The molecule has 1 aliphatic rings. The van der Waals surface area contributed by atoms with Crippen molar-refractivity contribution in [2.45, 2.75) is 39.3 Å². The summed E-state index contributed by atoms with van der Waals surface area (Å²) in [6.45, 7) is 9.80. The molecule has 1 fully saturated rings. The maximum absolute atomic E-state index is 5.95. The Morgan fingerprint density at radius 2 is 2.07 bits per heavy atom.